The molecule has 0 saturated heterocycles. The van der Waals surface area contributed by atoms with Gasteiger partial charge in [0.1, 0.15) is 5.75 Å². The molecule has 1 aromatic heterocycles. The number of ether oxygens (including phenoxy) is 1. The van der Waals surface area contributed by atoms with Gasteiger partial charge in [-0.2, -0.15) is 0 Å². The molecule has 102 valence electrons. The first-order valence-electron chi connectivity index (χ1n) is 5.97. The number of rotatable bonds is 6. The molecule has 0 saturated carbocycles. The fraction of sp³-hybridized carbons (Fsp3) is 0.286. The lowest BCUT2D eigenvalue weighted by atomic mass is 10.1. The van der Waals surface area contributed by atoms with Gasteiger partial charge in [0.15, 0.2) is 0 Å². The first-order valence-corrected chi connectivity index (χ1v) is 8.16. The highest BCUT2D eigenvalue weighted by atomic mass is 32.2. The molecule has 5 heteroatoms. The van der Waals surface area contributed by atoms with Crippen molar-refractivity contribution in [3.63, 3.8) is 0 Å². The second kappa shape index (κ2) is 6.84. The van der Waals surface area contributed by atoms with E-state index in [1.807, 2.05) is 36.7 Å². The number of nitrogens with one attached hydrogen (secondary N) is 1. The summed E-state index contributed by atoms with van der Waals surface area (Å²) in [6, 6.07) is 9.85. The summed E-state index contributed by atoms with van der Waals surface area (Å²) in [6.45, 7) is 0.794. The minimum Gasteiger partial charge on any atom is -0.496 e. The van der Waals surface area contributed by atoms with E-state index >= 15 is 0 Å². The molecule has 1 aromatic carbocycles. The number of thiophene rings is 1. The van der Waals surface area contributed by atoms with E-state index in [2.05, 4.69) is 11.4 Å². The van der Waals surface area contributed by atoms with E-state index in [0.29, 0.717) is 5.75 Å². The second-order valence-electron chi connectivity index (χ2n) is 4.10. The summed E-state index contributed by atoms with van der Waals surface area (Å²) >= 11 is 1.52. The van der Waals surface area contributed by atoms with Crippen LogP contribution in [0.15, 0.2) is 39.9 Å². The molecule has 2 aromatic rings. The fourth-order valence-electron chi connectivity index (χ4n) is 1.86. The zero-order valence-corrected chi connectivity index (χ0v) is 12.6. The van der Waals surface area contributed by atoms with Crippen LogP contribution in [-0.4, -0.2) is 18.4 Å². The summed E-state index contributed by atoms with van der Waals surface area (Å²) in [7, 11) is 2.54. The molecule has 19 heavy (non-hydrogen) atoms. The van der Waals surface area contributed by atoms with Crippen LogP contribution in [0.4, 0.5) is 0 Å². The van der Waals surface area contributed by atoms with Crippen LogP contribution in [0, 0.1) is 0 Å². The molecule has 0 aliphatic carbocycles. The predicted molar refractivity (Wildman–Crippen MR) is 80.2 cm³/mol. The van der Waals surface area contributed by atoms with Crippen molar-refractivity contribution >= 4 is 22.1 Å². The van der Waals surface area contributed by atoms with Crippen molar-refractivity contribution in [2.75, 3.05) is 14.2 Å². The van der Waals surface area contributed by atoms with Gasteiger partial charge in [0.05, 0.1) is 27.9 Å². The molecule has 1 N–H and O–H groups in total. The maximum Gasteiger partial charge on any atom is 0.123 e. The van der Waals surface area contributed by atoms with E-state index < -0.39 is 10.8 Å². The molecule has 2 rings (SSSR count). The Morgan fingerprint density at radius 3 is 2.84 bits per heavy atom. The fourth-order valence-corrected chi connectivity index (χ4v) is 3.97. The summed E-state index contributed by atoms with van der Waals surface area (Å²) in [5.74, 6) is 1.28. The third-order valence-corrected chi connectivity index (χ3v) is 5.40. The van der Waals surface area contributed by atoms with Crippen molar-refractivity contribution < 1.29 is 8.95 Å². The summed E-state index contributed by atoms with van der Waals surface area (Å²) in [5.41, 5.74) is 2.16. The molecule has 1 heterocycles. The van der Waals surface area contributed by atoms with Crippen molar-refractivity contribution in [1.29, 1.82) is 0 Å². The molecule has 1 atom stereocenters. The van der Waals surface area contributed by atoms with Gasteiger partial charge < -0.3 is 10.1 Å². The number of benzene rings is 1. The number of hydrogen-bond acceptors (Lipinski definition) is 4. The van der Waals surface area contributed by atoms with E-state index in [4.69, 9.17) is 4.74 Å². The average molecular weight is 295 g/mol. The van der Waals surface area contributed by atoms with Gasteiger partial charge in [0.25, 0.3) is 0 Å². The van der Waals surface area contributed by atoms with Crippen molar-refractivity contribution in [2.45, 2.75) is 16.5 Å². The third-order valence-electron chi connectivity index (χ3n) is 2.73. The largest absolute Gasteiger partial charge is 0.496 e. The van der Waals surface area contributed by atoms with Gasteiger partial charge in [-0.3, -0.25) is 4.21 Å². The highest BCUT2D eigenvalue weighted by Crippen LogP contribution is 2.25. The van der Waals surface area contributed by atoms with Crippen molar-refractivity contribution in [3.05, 3.63) is 46.8 Å². The monoisotopic (exact) mass is 295 g/mol. The summed E-state index contributed by atoms with van der Waals surface area (Å²) in [4.78, 5) is 0. The number of methoxy groups -OCH3 is 1. The molecular weight excluding hydrogens is 278 g/mol. The van der Waals surface area contributed by atoms with E-state index in [9.17, 15) is 4.21 Å². The maximum absolute atomic E-state index is 12.3. The normalized spacial score (nSPS) is 12.3. The topological polar surface area (TPSA) is 38.3 Å². The Morgan fingerprint density at radius 1 is 1.37 bits per heavy atom. The lowest BCUT2D eigenvalue weighted by molar-refractivity contribution is 0.411. The molecule has 1 unspecified atom stereocenters. The first kappa shape index (κ1) is 14.2. The van der Waals surface area contributed by atoms with Crippen molar-refractivity contribution in [1.82, 2.24) is 5.32 Å². The Morgan fingerprint density at radius 2 is 2.21 bits per heavy atom. The molecule has 0 aliphatic heterocycles. The molecule has 0 radical (unpaired) electrons. The Balaban J connectivity index is 2.22. The zero-order valence-electron chi connectivity index (χ0n) is 11.0. The maximum atomic E-state index is 12.3. The van der Waals surface area contributed by atoms with Crippen LogP contribution < -0.4 is 10.1 Å². The first-order chi connectivity index (χ1) is 9.24. The summed E-state index contributed by atoms with van der Waals surface area (Å²) in [5, 5.41) is 5.06. The Bertz CT molecular complexity index is 553. The minimum atomic E-state index is -1.01. The predicted octanol–water partition coefficient (Wildman–Crippen LogP) is 2.78. The van der Waals surface area contributed by atoms with Crippen LogP contribution in [-0.2, 0) is 23.1 Å². The summed E-state index contributed by atoms with van der Waals surface area (Å²) in [6.07, 6.45) is 0. The van der Waals surface area contributed by atoms with Gasteiger partial charge in [-0.15, -0.1) is 11.3 Å². The SMILES string of the molecule is CNCc1ccc(OC)c(CS(=O)c2cccs2)c1. The van der Waals surface area contributed by atoms with Crippen LogP contribution in [0.1, 0.15) is 11.1 Å². The molecule has 0 amide bonds. The standard InChI is InChI=1S/C14H17NO2S2/c1-15-9-11-5-6-13(17-2)12(8-11)10-19(16)14-4-3-7-18-14/h3-8,15H,9-10H2,1-2H3. The van der Waals surface area contributed by atoms with Gasteiger partial charge in [-0.05, 0) is 36.2 Å². The lowest BCUT2D eigenvalue weighted by Crippen LogP contribution is -2.06. The van der Waals surface area contributed by atoms with Gasteiger partial charge in [0.2, 0.25) is 0 Å². The molecule has 0 aliphatic rings. The Hall–Kier alpha value is -1.17. The van der Waals surface area contributed by atoms with E-state index in [0.717, 1.165) is 22.1 Å². The Labute approximate surface area is 120 Å². The van der Waals surface area contributed by atoms with E-state index in [1.165, 1.54) is 16.9 Å². The molecule has 0 spiro atoms. The van der Waals surface area contributed by atoms with Gasteiger partial charge in [-0.25, -0.2) is 0 Å². The van der Waals surface area contributed by atoms with Crippen molar-refractivity contribution in [2.24, 2.45) is 0 Å². The Kier molecular flexibility index (Phi) is 5.13. The smallest absolute Gasteiger partial charge is 0.123 e. The average Bonchev–Trinajstić information content (AvgIpc) is 2.93. The zero-order chi connectivity index (χ0) is 13.7. The van der Waals surface area contributed by atoms with Gasteiger partial charge in [0, 0.05) is 12.1 Å². The van der Waals surface area contributed by atoms with Crippen molar-refractivity contribution in [3.8, 4) is 5.75 Å². The lowest BCUT2D eigenvalue weighted by Gasteiger charge is -2.10. The minimum absolute atomic E-state index is 0.487. The van der Waals surface area contributed by atoms with Crippen LogP contribution in [0.25, 0.3) is 0 Å². The van der Waals surface area contributed by atoms with Crippen LogP contribution in [0.3, 0.4) is 0 Å². The molecule has 0 fully saturated rings. The molecule has 3 nitrogen and oxygen atoms in total. The second-order valence-corrected chi connectivity index (χ2v) is 6.72. The highest BCUT2D eigenvalue weighted by molar-refractivity contribution is 7.86. The van der Waals surface area contributed by atoms with E-state index in [1.54, 1.807) is 7.11 Å². The molecular formula is C14H17NO2S2. The highest BCUT2D eigenvalue weighted by Gasteiger charge is 2.11. The summed E-state index contributed by atoms with van der Waals surface area (Å²) < 4.78 is 18.5. The number of hydrogen-bond donors (Lipinski definition) is 1. The third kappa shape index (κ3) is 3.65. The van der Waals surface area contributed by atoms with Gasteiger partial charge in [-0.1, -0.05) is 12.1 Å². The van der Waals surface area contributed by atoms with Crippen LogP contribution >= 0.6 is 11.3 Å². The quantitative estimate of drug-likeness (QED) is 0.890. The van der Waals surface area contributed by atoms with Gasteiger partial charge >= 0.3 is 0 Å². The van der Waals surface area contributed by atoms with E-state index in [-0.39, 0.29) is 0 Å². The van der Waals surface area contributed by atoms with Crippen LogP contribution in [0.5, 0.6) is 5.75 Å². The molecule has 0 bridgehead atoms. The van der Waals surface area contributed by atoms with Crippen LogP contribution in [0.2, 0.25) is 0 Å².